The summed E-state index contributed by atoms with van der Waals surface area (Å²) in [5.74, 6) is -4.15. The minimum atomic E-state index is -4.81. The highest BCUT2D eigenvalue weighted by atomic mass is 32.2. The fourth-order valence-corrected chi connectivity index (χ4v) is 1.47. The normalized spacial score (nSPS) is 12.0. The number of halogens is 7. The molecule has 1 aromatic rings. The van der Waals surface area contributed by atoms with Gasteiger partial charge < -0.3 is 4.74 Å². The zero-order chi connectivity index (χ0) is 13.2. The summed E-state index contributed by atoms with van der Waals surface area (Å²) in [4.78, 5) is -1.06. The Balaban J connectivity index is 3.01. The summed E-state index contributed by atoms with van der Waals surface area (Å²) in [6, 6.07) is 0.279. The molecule has 0 saturated carbocycles. The first-order valence-electron chi connectivity index (χ1n) is 3.88. The lowest BCUT2D eigenvalue weighted by molar-refractivity contribution is -0.0525. The molecule has 1 nitrogen and oxygen atoms in total. The van der Waals surface area contributed by atoms with Gasteiger partial charge >= 0.3 is 12.1 Å². The van der Waals surface area contributed by atoms with Crippen LogP contribution in [-0.4, -0.2) is 12.1 Å². The molecule has 0 saturated heterocycles. The van der Waals surface area contributed by atoms with Gasteiger partial charge in [0.25, 0.3) is 0 Å². The van der Waals surface area contributed by atoms with Crippen LogP contribution in [0.1, 0.15) is 0 Å². The van der Waals surface area contributed by atoms with E-state index in [0.717, 1.165) is 0 Å². The molecule has 1 aromatic carbocycles. The van der Waals surface area contributed by atoms with Crippen LogP contribution in [0.2, 0.25) is 0 Å². The van der Waals surface area contributed by atoms with Crippen LogP contribution in [-0.2, 0) is 0 Å². The third-order valence-electron chi connectivity index (χ3n) is 1.43. The van der Waals surface area contributed by atoms with Gasteiger partial charge in [0.05, 0.1) is 4.90 Å². The predicted octanol–water partition coefficient (Wildman–Crippen LogP) is 4.18. The van der Waals surface area contributed by atoms with Crippen molar-refractivity contribution in [2.24, 2.45) is 0 Å². The maximum atomic E-state index is 13.0. The first kappa shape index (κ1) is 13.9. The van der Waals surface area contributed by atoms with Crippen molar-refractivity contribution in [1.82, 2.24) is 0 Å². The highest BCUT2D eigenvalue weighted by Gasteiger charge is 2.31. The zero-order valence-electron chi connectivity index (χ0n) is 7.69. The van der Waals surface area contributed by atoms with Crippen LogP contribution in [0.15, 0.2) is 17.0 Å². The Morgan fingerprint density at radius 2 is 1.65 bits per heavy atom. The Labute approximate surface area is 94.6 Å². The number of alkyl halides is 5. The zero-order valence-corrected chi connectivity index (χ0v) is 8.51. The number of hydrogen-bond donors (Lipinski definition) is 0. The van der Waals surface area contributed by atoms with Crippen LogP contribution in [0.5, 0.6) is 5.75 Å². The molecule has 0 aliphatic heterocycles. The van der Waals surface area contributed by atoms with E-state index in [1.54, 1.807) is 0 Å². The highest BCUT2D eigenvalue weighted by Crippen LogP contribution is 2.39. The second kappa shape index (κ2) is 5.03. The summed E-state index contributed by atoms with van der Waals surface area (Å²) >= 11 is -0.889. The first-order valence-corrected chi connectivity index (χ1v) is 4.70. The van der Waals surface area contributed by atoms with Crippen LogP contribution < -0.4 is 4.74 Å². The van der Waals surface area contributed by atoms with E-state index in [9.17, 15) is 30.7 Å². The van der Waals surface area contributed by atoms with Crippen LogP contribution in [0.4, 0.5) is 30.7 Å². The third kappa shape index (κ3) is 4.33. The minimum absolute atomic E-state index is 0.134. The molecular formula is C8H3F7OS. The molecular weight excluding hydrogens is 277 g/mol. The van der Waals surface area contributed by atoms with Gasteiger partial charge in [0.1, 0.15) is 5.82 Å². The van der Waals surface area contributed by atoms with Crippen LogP contribution in [0.3, 0.4) is 0 Å². The van der Waals surface area contributed by atoms with E-state index >= 15 is 0 Å². The molecule has 0 aromatic heterocycles. The molecule has 1 rings (SSSR count). The summed E-state index contributed by atoms with van der Waals surface area (Å²) in [5, 5.41) is 0. The average Bonchev–Trinajstić information content (AvgIpc) is 2.10. The smallest absolute Gasteiger partial charge is 0.432 e. The Hall–Kier alpha value is -1.12. The van der Waals surface area contributed by atoms with E-state index in [-0.39, 0.29) is 12.1 Å². The lowest BCUT2D eigenvalue weighted by atomic mass is 10.3. The minimum Gasteiger partial charge on any atom is -0.432 e. The van der Waals surface area contributed by atoms with E-state index in [0.29, 0.717) is 0 Å². The number of rotatable bonds is 3. The standard InChI is InChI=1S/C8H3F7OS/c9-3-2-6(17-8(13,14)15)4(10)1-5(3)16-7(11)12/h1-2,7H. The van der Waals surface area contributed by atoms with E-state index in [1.165, 1.54) is 0 Å². The summed E-state index contributed by atoms with van der Waals surface area (Å²) in [6.07, 6.45) is 0. The van der Waals surface area contributed by atoms with Crippen molar-refractivity contribution in [1.29, 1.82) is 0 Å². The molecule has 0 fully saturated rings. The molecule has 0 amide bonds. The van der Waals surface area contributed by atoms with Crippen molar-refractivity contribution in [2.75, 3.05) is 0 Å². The van der Waals surface area contributed by atoms with Crippen molar-refractivity contribution in [3.05, 3.63) is 23.8 Å². The lowest BCUT2D eigenvalue weighted by Gasteiger charge is -2.10. The quantitative estimate of drug-likeness (QED) is 0.607. The fourth-order valence-electron chi connectivity index (χ4n) is 0.900. The van der Waals surface area contributed by atoms with Crippen LogP contribution in [0.25, 0.3) is 0 Å². The molecule has 17 heavy (non-hydrogen) atoms. The average molecular weight is 280 g/mol. The number of benzene rings is 1. The van der Waals surface area contributed by atoms with Crippen molar-refractivity contribution < 1.29 is 35.5 Å². The van der Waals surface area contributed by atoms with Gasteiger partial charge in [0, 0.05) is 6.07 Å². The fraction of sp³-hybridized carbons (Fsp3) is 0.250. The maximum absolute atomic E-state index is 13.0. The van der Waals surface area contributed by atoms with Gasteiger partial charge in [-0.3, -0.25) is 0 Å². The van der Waals surface area contributed by atoms with Gasteiger partial charge in [-0.1, -0.05) is 0 Å². The first-order chi connectivity index (χ1) is 7.69. The lowest BCUT2D eigenvalue weighted by Crippen LogP contribution is -2.05. The molecule has 0 N–H and O–H groups in total. The van der Waals surface area contributed by atoms with Crippen molar-refractivity contribution in [2.45, 2.75) is 17.0 Å². The van der Waals surface area contributed by atoms with Gasteiger partial charge in [-0.05, 0) is 17.8 Å². The van der Waals surface area contributed by atoms with Crippen LogP contribution >= 0.6 is 11.8 Å². The largest absolute Gasteiger partial charge is 0.446 e. The molecule has 0 atom stereocenters. The molecule has 0 aliphatic carbocycles. The summed E-state index contributed by atoms with van der Waals surface area (Å²) in [6.45, 7) is -3.40. The molecule has 0 unspecified atom stereocenters. The Bertz CT molecular complexity index is 404. The van der Waals surface area contributed by atoms with E-state index in [4.69, 9.17) is 0 Å². The summed E-state index contributed by atoms with van der Waals surface area (Å²) < 4.78 is 88.6. The van der Waals surface area contributed by atoms with Gasteiger partial charge in [0.2, 0.25) is 0 Å². The van der Waals surface area contributed by atoms with E-state index in [1.807, 2.05) is 0 Å². The van der Waals surface area contributed by atoms with E-state index < -0.39 is 46.2 Å². The molecule has 0 bridgehead atoms. The second-order valence-electron chi connectivity index (χ2n) is 2.64. The van der Waals surface area contributed by atoms with Crippen molar-refractivity contribution in [3.63, 3.8) is 0 Å². The van der Waals surface area contributed by atoms with Gasteiger partial charge in [-0.15, -0.1) is 0 Å². The molecule has 96 valence electrons. The summed E-state index contributed by atoms with van der Waals surface area (Å²) in [5.41, 5.74) is -4.81. The van der Waals surface area contributed by atoms with E-state index in [2.05, 4.69) is 4.74 Å². The number of thioether (sulfide) groups is 1. The maximum Gasteiger partial charge on any atom is 0.446 e. The summed E-state index contributed by atoms with van der Waals surface area (Å²) in [7, 11) is 0. The van der Waals surface area contributed by atoms with Crippen molar-refractivity contribution in [3.8, 4) is 5.75 Å². The highest BCUT2D eigenvalue weighted by molar-refractivity contribution is 8.00. The molecule has 0 spiro atoms. The molecule has 0 aliphatic rings. The van der Waals surface area contributed by atoms with Crippen LogP contribution in [0, 0.1) is 11.6 Å². The van der Waals surface area contributed by atoms with Gasteiger partial charge in [-0.2, -0.15) is 22.0 Å². The third-order valence-corrected chi connectivity index (χ3v) is 2.19. The Morgan fingerprint density at radius 1 is 1.06 bits per heavy atom. The molecule has 0 heterocycles. The Kier molecular flexibility index (Phi) is 4.12. The van der Waals surface area contributed by atoms with Gasteiger partial charge in [0.15, 0.2) is 11.6 Å². The number of ether oxygens (including phenoxy) is 1. The number of hydrogen-bond acceptors (Lipinski definition) is 2. The van der Waals surface area contributed by atoms with Gasteiger partial charge in [-0.25, -0.2) is 8.78 Å². The topological polar surface area (TPSA) is 9.23 Å². The Morgan fingerprint density at radius 3 is 2.12 bits per heavy atom. The predicted molar refractivity (Wildman–Crippen MR) is 44.9 cm³/mol. The molecule has 0 radical (unpaired) electrons. The monoisotopic (exact) mass is 280 g/mol. The SMILES string of the molecule is Fc1cc(SC(F)(F)F)c(F)cc1OC(F)F. The second-order valence-corrected chi connectivity index (χ2v) is 3.75. The van der Waals surface area contributed by atoms with Crippen molar-refractivity contribution >= 4 is 11.8 Å². The molecule has 9 heteroatoms.